The van der Waals surface area contributed by atoms with Crippen LogP contribution in [0, 0.1) is 26.6 Å². The van der Waals surface area contributed by atoms with Crippen molar-refractivity contribution in [1.82, 2.24) is 10.2 Å². The van der Waals surface area contributed by atoms with E-state index in [9.17, 15) is 18.0 Å². The summed E-state index contributed by atoms with van der Waals surface area (Å²) in [5.41, 5.74) is 3.80. The molecule has 1 fully saturated rings. The summed E-state index contributed by atoms with van der Waals surface area (Å²) in [7, 11) is -4.24. The monoisotopic (exact) mass is 669 g/mol. The van der Waals surface area contributed by atoms with Crippen LogP contribution in [-0.4, -0.2) is 43.8 Å². The molecule has 5 rings (SSSR count). The number of hydrogen-bond acceptors (Lipinski definition) is 4. The summed E-state index contributed by atoms with van der Waals surface area (Å²) in [6.45, 7) is 4.72. The first kappa shape index (κ1) is 34.8. The number of carbonyl (C=O) groups excluding carboxylic acids is 2. The zero-order chi connectivity index (χ0) is 34.3. The van der Waals surface area contributed by atoms with Crippen molar-refractivity contribution < 1.29 is 22.4 Å². The lowest BCUT2D eigenvalue weighted by Crippen LogP contribution is -2.55. The van der Waals surface area contributed by atoms with Crippen molar-refractivity contribution in [2.45, 2.75) is 82.8 Å². The van der Waals surface area contributed by atoms with E-state index in [0.29, 0.717) is 11.3 Å². The van der Waals surface area contributed by atoms with E-state index in [1.165, 1.54) is 23.1 Å². The van der Waals surface area contributed by atoms with Crippen LogP contribution in [-0.2, 0) is 32.6 Å². The van der Waals surface area contributed by atoms with Crippen LogP contribution in [0.5, 0.6) is 0 Å². The predicted molar refractivity (Wildman–Crippen MR) is 188 cm³/mol. The van der Waals surface area contributed by atoms with Gasteiger partial charge in [0.2, 0.25) is 11.8 Å². The van der Waals surface area contributed by atoms with E-state index < -0.39 is 34.3 Å². The predicted octanol–water partition coefficient (Wildman–Crippen LogP) is 7.04. The maximum absolute atomic E-state index is 15.2. The number of halogens is 1. The van der Waals surface area contributed by atoms with Gasteiger partial charge in [0.05, 0.1) is 10.6 Å². The number of nitrogens with zero attached hydrogens (tertiary/aromatic N) is 2. The molecule has 9 heteroatoms. The molecule has 0 radical (unpaired) electrons. The zero-order valence-corrected chi connectivity index (χ0v) is 28.7. The van der Waals surface area contributed by atoms with E-state index in [4.69, 9.17) is 0 Å². The Hall–Kier alpha value is -4.50. The molecule has 0 bridgehead atoms. The first-order valence-corrected chi connectivity index (χ1v) is 18.0. The second kappa shape index (κ2) is 15.6. The highest BCUT2D eigenvalue weighted by Gasteiger charge is 2.36. The quantitative estimate of drug-likeness (QED) is 0.176. The molecule has 0 heterocycles. The average Bonchev–Trinajstić information content (AvgIpc) is 3.08. The molecule has 0 unspecified atom stereocenters. The highest BCUT2D eigenvalue weighted by molar-refractivity contribution is 7.92. The number of amides is 2. The maximum atomic E-state index is 15.2. The van der Waals surface area contributed by atoms with Crippen LogP contribution in [0.1, 0.15) is 59.9 Å². The topological polar surface area (TPSA) is 86.8 Å². The van der Waals surface area contributed by atoms with Gasteiger partial charge in [0.15, 0.2) is 0 Å². The molecular weight excluding hydrogens is 626 g/mol. The van der Waals surface area contributed by atoms with E-state index in [0.717, 1.165) is 53.1 Å². The molecule has 1 aliphatic carbocycles. The molecule has 1 aliphatic rings. The number of rotatable bonds is 12. The lowest BCUT2D eigenvalue weighted by molar-refractivity contribution is -0.140. The lowest BCUT2D eigenvalue weighted by atomic mass is 9.94. The Morgan fingerprint density at radius 3 is 2.17 bits per heavy atom. The minimum absolute atomic E-state index is 0.0247. The zero-order valence-electron chi connectivity index (χ0n) is 27.9. The number of carbonyl (C=O) groups is 2. The summed E-state index contributed by atoms with van der Waals surface area (Å²) in [4.78, 5) is 30.3. The van der Waals surface area contributed by atoms with Crippen LogP contribution in [0.3, 0.4) is 0 Å². The Morgan fingerprint density at radius 1 is 0.833 bits per heavy atom. The van der Waals surface area contributed by atoms with Crippen LogP contribution in [0.4, 0.5) is 10.1 Å². The lowest BCUT2D eigenvalue weighted by Gasteiger charge is -2.35. The number of anilines is 1. The third-order valence-electron chi connectivity index (χ3n) is 9.04. The Kier molecular flexibility index (Phi) is 11.3. The van der Waals surface area contributed by atoms with Gasteiger partial charge in [-0.15, -0.1) is 0 Å². The Morgan fingerprint density at radius 2 is 1.48 bits per heavy atom. The standard InChI is InChI=1S/C39H44FN3O4S/c1-28-19-22-34(23-20-28)48(46,47)43(36-24-29(2)18-21-30(36)3)27-38(44)42(26-32-14-10-11-17-35(32)40)37(25-31-12-6-4-7-13-31)39(45)41-33-15-8-5-9-16-33/h4,6-7,10-14,17-24,33,37H,5,8-9,15-16,25-27H2,1-3H3,(H,41,45)/t37-/m0/s1. The SMILES string of the molecule is Cc1ccc(S(=O)(=O)N(CC(=O)N(Cc2ccccc2F)[C@@H](Cc2ccccc2)C(=O)NC2CCCCC2)c2cc(C)ccc2C)cc1. The van der Waals surface area contributed by atoms with Gasteiger partial charge in [-0.3, -0.25) is 13.9 Å². The minimum atomic E-state index is -4.24. The molecule has 7 nitrogen and oxygen atoms in total. The molecule has 252 valence electrons. The third-order valence-corrected chi connectivity index (χ3v) is 10.8. The summed E-state index contributed by atoms with van der Waals surface area (Å²) in [5, 5.41) is 3.18. The molecule has 1 saturated carbocycles. The number of nitrogens with one attached hydrogen (secondary N) is 1. The minimum Gasteiger partial charge on any atom is -0.352 e. The van der Waals surface area contributed by atoms with Crippen molar-refractivity contribution in [2.75, 3.05) is 10.8 Å². The van der Waals surface area contributed by atoms with Crippen LogP contribution in [0.15, 0.2) is 102 Å². The summed E-state index contributed by atoms with van der Waals surface area (Å²) in [6, 6.07) is 26.4. The molecule has 0 spiro atoms. The van der Waals surface area contributed by atoms with E-state index in [1.54, 1.807) is 43.3 Å². The number of sulfonamides is 1. The van der Waals surface area contributed by atoms with E-state index in [2.05, 4.69) is 5.32 Å². The normalized spacial score (nSPS) is 14.2. The van der Waals surface area contributed by atoms with Crippen molar-refractivity contribution in [3.8, 4) is 0 Å². The third kappa shape index (κ3) is 8.50. The fourth-order valence-corrected chi connectivity index (χ4v) is 7.72. The van der Waals surface area contributed by atoms with Gasteiger partial charge in [0.25, 0.3) is 10.0 Å². The van der Waals surface area contributed by atoms with Gasteiger partial charge in [-0.1, -0.05) is 97.6 Å². The van der Waals surface area contributed by atoms with Crippen molar-refractivity contribution in [1.29, 1.82) is 0 Å². The summed E-state index contributed by atoms with van der Waals surface area (Å²) in [6.07, 6.45) is 5.00. The van der Waals surface area contributed by atoms with Crippen LogP contribution < -0.4 is 9.62 Å². The molecule has 4 aromatic rings. The molecule has 2 amide bonds. The molecule has 0 aromatic heterocycles. The fraction of sp³-hybridized carbons (Fsp3) is 0.333. The van der Waals surface area contributed by atoms with Crippen molar-refractivity contribution in [2.24, 2.45) is 0 Å². The second-order valence-electron chi connectivity index (χ2n) is 12.8. The second-order valence-corrected chi connectivity index (χ2v) is 14.6. The maximum Gasteiger partial charge on any atom is 0.264 e. The van der Waals surface area contributed by atoms with Crippen molar-refractivity contribution in [3.63, 3.8) is 0 Å². The summed E-state index contributed by atoms with van der Waals surface area (Å²) < 4.78 is 45.0. The summed E-state index contributed by atoms with van der Waals surface area (Å²) >= 11 is 0. The first-order chi connectivity index (χ1) is 23.0. The summed E-state index contributed by atoms with van der Waals surface area (Å²) in [5.74, 6) is -1.47. The highest BCUT2D eigenvalue weighted by atomic mass is 32.2. The number of hydrogen-bond donors (Lipinski definition) is 1. The molecule has 0 aliphatic heterocycles. The Labute approximate surface area is 283 Å². The van der Waals surface area contributed by atoms with Gasteiger partial charge < -0.3 is 10.2 Å². The van der Waals surface area contributed by atoms with Gasteiger partial charge in [0.1, 0.15) is 18.4 Å². The van der Waals surface area contributed by atoms with Crippen molar-refractivity contribution >= 4 is 27.5 Å². The van der Waals surface area contributed by atoms with Gasteiger partial charge in [-0.2, -0.15) is 0 Å². The highest BCUT2D eigenvalue weighted by Crippen LogP contribution is 2.29. The molecule has 0 saturated heterocycles. The van der Waals surface area contributed by atoms with Gasteiger partial charge in [0, 0.05) is 24.6 Å². The Balaban J connectivity index is 1.59. The molecule has 1 atom stereocenters. The van der Waals surface area contributed by atoms with Crippen LogP contribution >= 0.6 is 0 Å². The van der Waals surface area contributed by atoms with Gasteiger partial charge in [-0.05, 0) is 74.6 Å². The first-order valence-electron chi connectivity index (χ1n) is 16.6. The fourth-order valence-electron chi connectivity index (χ4n) is 6.25. The molecule has 48 heavy (non-hydrogen) atoms. The van der Waals surface area contributed by atoms with Gasteiger partial charge in [-0.25, -0.2) is 12.8 Å². The molecule has 4 aromatic carbocycles. The molecule has 1 N–H and O–H groups in total. The van der Waals surface area contributed by atoms with E-state index in [-0.39, 0.29) is 35.4 Å². The average molecular weight is 670 g/mol. The Bertz CT molecular complexity index is 1820. The van der Waals surface area contributed by atoms with Crippen LogP contribution in [0.25, 0.3) is 0 Å². The number of aryl methyl sites for hydroxylation is 3. The van der Waals surface area contributed by atoms with Crippen LogP contribution in [0.2, 0.25) is 0 Å². The largest absolute Gasteiger partial charge is 0.352 e. The van der Waals surface area contributed by atoms with Crippen molar-refractivity contribution in [3.05, 3.63) is 131 Å². The number of benzene rings is 4. The van der Waals surface area contributed by atoms with E-state index in [1.807, 2.05) is 56.3 Å². The molecular formula is C39H44FN3O4S. The van der Waals surface area contributed by atoms with Gasteiger partial charge >= 0.3 is 0 Å². The van der Waals surface area contributed by atoms with E-state index >= 15 is 4.39 Å². The smallest absolute Gasteiger partial charge is 0.264 e.